The van der Waals surface area contributed by atoms with Gasteiger partial charge in [-0.2, -0.15) is 5.10 Å². The average molecular weight is 313 g/mol. The van der Waals surface area contributed by atoms with E-state index < -0.39 is 0 Å². The van der Waals surface area contributed by atoms with Crippen molar-refractivity contribution in [1.82, 2.24) is 14.7 Å². The molecule has 0 spiro atoms. The number of hydrogen-bond donors (Lipinski definition) is 0. The van der Waals surface area contributed by atoms with Gasteiger partial charge in [0.15, 0.2) is 5.78 Å². The van der Waals surface area contributed by atoms with Crippen LogP contribution >= 0.6 is 0 Å². The highest BCUT2D eigenvalue weighted by atomic mass is 16.5. The Labute approximate surface area is 136 Å². The van der Waals surface area contributed by atoms with Crippen LogP contribution in [0.3, 0.4) is 0 Å². The van der Waals surface area contributed by atoms with E-state index in [9.17, 15) is 4.79 Å². The van der Waals surface area contributed by atoms with Crippen LogP contribution in [0, 0.1) is 5.92 Å². The lowest BCUT2D eigenvalue weighted by Gasteiger charge is -2.31. The summed E-state index contributed by atoms with van der Waals surface area (Å²) in [6.07, 6.45) is 5.95. The molecule has 23 heavy (non-hydrogen) atoms. The Morgan fingerprint density at radius 2 is 2.30 bits per heavy atom. The molecule has 1 aromatic heterocycles. The van der Waals surface area contributed by atoms with Crippen LogP contribution in [0.5, 0.6) is 5.75 Å². The molecule has 2 heterocycles. The van der Waals surface area contributed by atoms with Gasteiger partial charge in [0.25, 0.3) is 0 Å². The number of hydrogen-bond acceptors (Lipinski definition) is 4. The monoisotopic (exact) mass is 313 g/mol. The fourth-order valence-corrected chi connectivity index (χ4v) is 3.24. The zero-order valence-corrected chi connectivity index (χ0v) is 13.7. The third kappa shape index (κ3) is 3.79. The first-order chi connectivity index (χ1) is 11.2. The van der Waals surface area contributed by atoms with E-state index in [0.717, 1.165) is 43.8 Å². The van der Waals surface area contributed by atoms with Gasteiger partial charge in [-0.3, -0.25) is 14.4 Å². The SMILES string of the molecule is COc1cccc(C(=O)C2CCCN(Cc3cnn(C)c3)C2)c1. The fourth-order valence-electron chi connectivity index (χ4n) is 3.24. The first-order valence-corrected chi connectivity index (χ1v) is 8.04. The van der Waals surface area contributed by atoms with Gasteiger partial charge in [-0.05, 0) is 31.5 Å². The lowest BCUT2D eigenvalue weighted by atomic mass is 9.90. The Bertz CT molecular complexity index is 680. The predicted molar refractivity (Wildman–Crippen MR) is 88.5 cm³/mol. The van der Waals surface area contributed by atoms with E-state index in [0.29, 0.717) is 0 Å². The second-order valence-corrected chi connectivity index (χ2v) is 6.19. The number of methoxy groups -OCH3 is 1. The second kappa shape index (κ2) is 6.96. The molecule has 1 saturated heterocycles. The van der Waals surface area contributed by atoms with Crippen molar-refractivity contribution in [1.29, 1.82) is 0 Å². The molecule has 0 bridgehead atoms. The summed E-state index contributed by atoms with van der Waals surface area (Å²) in [5.41, 5.74) is 1.94. The minimum Gasteiger partial charge on any atom is -0.497 e. The van der Waals surface area contributed by atoms with Crippen LogP contribution in [0.4, 0.5) is 0 Å². The van der Waals surface area contributed by atoms with Crippen molar-refractivity contribution >= 4 is 5.78 Å². The maximum absolute atomic E-state index is 12.8. The molecule has 1 aliphatic heterocycles. The number of benzene rings is 1. The number of ether oxygens (including phenoxy) is 1. The zero-order valence-electron chi connectivity index (χ0n) is 13.7. The molecular weight excluding hydrogens is 290 g/mol. The molecule has 0 saturated carbocycles. The Hall–Kier alpha value is -2.14. The van der Waals surface area contributed by atoms with E-state index in [1.165, 1.54) is 5.56 Å². The van der Waals surface area contributed by atoms with Gasteiger partial charge in [0.05, 0.1) is 13.3 Å². The van der Waals surface area contributed by atoms with Crippen LogP contribution in [-0.4, -0.2) is 40.7 Å². The molecule has 1 aliphatic rings. The predicted octanol–water partition coefficient (Wildman–Crippen LogP) is 2.52. The van der Waals surface area contributed by atoms with Crippen LogP contribution in [0.25, 0.3) is 0 Å². The Kier molecular flexibility index (Phi) is 4.76. The molecule has 0 amide bonds. The smallest absolute Gasteiger partial charge is 0.167 e. The molecule has 1 aromatic carbocycles. The topological polar surface area (TPSA) is 47.4 Å². The maximum atomic E-state index is 12.8. The van der Waals surface area contributed by atoms with Crippen molar-refractivity contribution < 1.29 is 9.53 Å². The van der Waals surface area contributed by atoms with E-state index in [2.05, 4.69) is 10.00 Å². The summed E-state index contributed by atoms with van der Waals surface area (Å²) in [6, 6.07) is 7.46. The number of aryl methyl sites for hydroxylation is 1. The van der Waals surface area contributed by atoms with Crippen LogP contribution in [0.15, 0.2) is 36.7 Å². The van der Waals surface area contributed by atoms with Crippen molar-refractivity contribution in [3.05, 3.63) is 47.8 Å². The summed E-state index contributed by atoms with van der Waals surface area (Å²) >= 11 is 0. The highest BCUT2D eigenvalue weighted by Gasteiger charge is 2.26. The van der Waals surface area contributed by atoms with Crippen molar-refractivity contribution in [3.8, 4) is 5.75 Å². The molecule has 5 nitrogen and oxygen atoms in total. The quantitative estimate of drug-likeness (QED) is 0.796. The Morgan fingerprint density at radius 3 is 3.04 bits per heavy atom. The van der Waals surface area contributed by atoms with Gasteiger partial charge < -0.3 is 4.74 Å². The van der Waals surface area contributed by atoms with E-state index >= 15 is 0 Å². The van der Waals surface area contributed by atoms with Gasteiger partial charge in [0.2, 0.25) is 0 Å². The molecule has 1 unspecified atom stereocenters. The standard InChI is InChI=1S/C18H23N3O2/c1-20-11-14(10-19-20)12-21-8-4-6-16(13-21)18(22)15-5-3-7-17(9-15)23-2/h3,5,7,9-11,16H,4,6,8,12-13H2,1-2H3. The fraction of sp³-hybridized carbons (Fsp3) is 0.444. The molecule has 3 rings (SSSR count). The first kappa shape index (κ1) is 15.7. The number of ketones is 1. The van der Waals surface area contributed by atoms with E-state index in [4.69, 9.17) is 4.74 Å². The third-order valence-electron chi connectivity index (χ3n) is 4.40. The summed E-state index contributed by atoms with van der Waals surface area (Å²) in [7, 11) is 3.55. The van der Waals surface area contributed by atoms with Crippen LogP contribution < -0.4 is 4.74 Å². The molecule has 0 aliphatic carbocycles. The summed E-state index contributed by atoms with van der Waals surface area (Å²) in [5.74, 6) is 1.02. The lowest BCUT2D eigenvalue weighted by molar-refractivity contribution is 0.0811. The molecule has 1 fully saturated rings. The van der Waals surface area contributed by atoms with Gasteiger partial charge in [-0.25, -0.2) is 0 Å². The number of rotatable bonds is 5. The van der Waals surface area contributed by atoms with Gasteiger partial charge in [-0.15, -0.1) is 0 Å². The third-order valence-corrected chi connectivity index (χ3v) is 4.40. The van der Waals surface area contributed by atoms with Crippen molar-refractivity contribution in [2.45, 2.75) is 19.4 Å². The number of piperidine rings is 1. The zero-order chi connectivity index (χ0) is 16.2. The number of aromatic nitrogens is 2. The highest BCUT2D eigenvalue weighted by Crippen LogP contribution is 2.24. The Balaban J connectivity index is 1.66. The molecule has 122 valence electrons. The largest absolute Gasteiger partial charge is 0.497 e. The van der Waals surface area contributed by atoms with Crippen LogP contribution in [-0.2, 0) is 13.6 Å². The minimum atomic E-state index is 0.0625. The summed E-state index contributed by atoms with van der Waals surface area (Å²) in [5, 5.41) is 4.21. The Morgan fingerprint density at radius 1 is 1.43 bits per heavy atom. The molecule has 2 aromatic rings. The maximum Gasteiger partial charge on any atom is 0.167 e. The van der Waals surface area contributed by atoms with Crippen LogP contribution in [0.2, 0.25) is 0 Å². The average Bonchev–Trinajstić information content (AvgIpc) is 2.99. The van der Waals surface area contributed by atoms with Crippen molar-refractivity contribution in [2.24, 2.45) is 13.0 Å². The highest BCUT2D eigenvalue weighted by molar-refractivity contribution is 5.98. The summed E-state index contributed by atoms with van der Waals surface area (Å²) in [4.78, 5) is 15.1. The van der Waals surface area contributed by atoms with E-state index in [1.807, 2.05) is 48.4 Å². The second-order valence-electron chi connectivity index (χ2n) is 6.19. The number of Topliss-reactive ketones (excluding diaryl/α,β-unsaturated/α-hetero) is 1. The normalized spacial score (nSPS) is 18.8. The lowest BCUT2D eigenvalue weighted by Crippen LogP contribution is -2.38. The molecular formula is C18H23N3O2. The first-order valence-electron chi connectivity index (χ1n) is 8.04. The van der Waals surface area contributed by atoms with E-state index in [-0.39, 0.29) is 11.7 Å². The van der Waals surface area contributed by atoms with Crippen molar-refractivity contribution in [2.75, 3.05) is 20.2 Å². The molecule has 5 heteroatoms. The molecule has 0 N–H and O–H groups in total. The van der Waals surface area contributed by atoms with Gasteiger partial charge in [0.1, 0.15) is 5.75 Å². The molecule has 0 radical (unpaired) electrons. The summed E-state index contributed by atoms with van der Waals surface area (Å²) in [6.45, 7) is 2.71. The minimum absolute atomic E-state index is 0.0625. The number of nitrogens with zero attached hydrogens (tertiary/aromatic N) is 3. The van der Waals surface area contributed by atoms with E-state index in [1.54, 1.807) is 7.11 Å². The van der Waals surface area contributed by atoms with Gasteiger partial charge >= 0.3 is 0 Å². The van der Waals surface area contributed by atoms with Gasteiger partial charge in [0, 0.05) is 43.4 Å². The summed E-state index contributed by atoms with van der Waals surface area (Å²) < 4.78 is 7.04. The van der Waals surface area contributed by atoms with Gasteiger partial charge in [-0.1, -0.05) is 12.1 Å². The number of likely N-dealkylation sites (tertiary alicyclic amines) is 1. The number of carbonyl (C=O) groups excluding carboxylic acids is 1. The molecule has 1 atom stereocenters. The van der Waals surface area contributed by atoms with Crippen molar-refractivity contribution in [3.63, 3.8) is 0 Å². The number of carbonyl (C=O) groups is 1. The van der Waals surface area contributed by atoms with Crippen LogP contribution in [0.1, 0.15) is 28.8 Å².